The van der Waals surface area contributed by atoms with Gasteiger partial charge in [-0.1, -0.05) is 124 Å². The monoisotopic (exact) mass is 1750 g/mol. The first kappa shape index (κ1) is 81.3. The van der Waals surface area contributed by atoms with E-state index in [2.05, 4.69) is 137 Å². The SMILES string of the molecule is C1CS1.C1CS1.CC(=O)SCCCC(=N)c1ccc(N=Nc2c(N)ncc3ccc(Br)cc23)cc1.N=C(CCCS)c1ccc(N=Nc2c(N)ncc3ccc(Br)cc23)cc1.N=C(N)c1ccc(N=Nc2c(N)ncc3ccc(Br)cc23)cc1.N=C(N)c1ccc(N=Nc2c(N)ncc3ccc(Br)cc23)cc1. The molecule has 12 aromatic rings. The Hall–Kier alpha value is -9.73. The average Bonchev–Trinajstić information content (AvgIpc) is 1.08. The van der Waals surface area contributed by atoms with E-state index in [0.29, 0.717) is 97.7 Å². The smallest absolute Gasteiger partial charge is 0.185 e. The maximum Gasteiger partial charge on any atom is 0.185 e. The number of fused-ring (bicyclic) bond motifs is 4. The van der Waals surface area contributed by atoms with E-state index in [9.17, 15) is 4.79 Å². The van der Waals surface area contributed by atoms with Gasteiger partial charge in [0.2, 0.25) is 0 Å². The number of nitrogens with one attached hydrogen (secondary N) is 4. The van der Waals surface area contributed by atoms with Gasteiger partial charge < -0.3 is 45.2 Å². The third-order valence-electron chi connectivity index (χ3n) is 15.1. The molecular weight excluding hydrogens is 1680 g/mol. The van der Waals surface area contributed by atoms with Crippen molar-refractivity contribution in [1.29, 1.82) is 21.6 Å². The molecule has 31 heteroatoms. The number of nitrogens with zero attached hydrogens (tertiary/aromatic N) is 12. The number of azo groups is 4. The van der Waals surface area contributed by atoms with Crippen LogP contribution in [-0.2, 0) is 4.79 Å². The number of carbonyl (C=O) groups is 1. The van der Waals surface area contributed by atoms with Gasteiger partial charge in [0.15, 0.2) is 28.4 Å². The molecule has 0 bridgehead atoms. The zero-order valence-corrected chi connectivity index (χ0v) is 67.2. The van der Waals surface area contributed by atoms with E-state index < -0.39 is 0 Å². The normalized spacial score (nSPS) is 11.9. The maximum absolute atomic E-state index is 10.9. The second-order valence-corrected chi connectivity index (χ2v) is 31.0. The van der Waals surface area contributed by atoms with Crippen LogP contribution in [-0.4, -0.2) is 82.7 Å². The Morgan fingerprint density at radius 2 is 0.664 bits per heavy atom. The van der Waals surface area contributed by atoms with E-state index in [1.54, 1.807) is 80.2 Å². The predicted octanol–water partition coefficient (Wildman–Crippen LogP) is 22.5. The number of hydrogen-bond donors (Lipinski definition) is 11. The van der Waals surface area contributed by atoms with Crippen molar-refractivity contribution in [2.45, 2.75) is 32.6 Å². The highest BCUT2D eigenvalue weighted by atomic mass is 79.9. The summed E-state index contributed by atoms with van der Waals surface area (Å²) in [5.74, 6) is 8.51. The Morgan fingerprint density at radius 3 is 0.897 bits per heavy atom. The van der Waals surface area contributed by atoms with Gasteiger partial charge in [-0.05, 0) is 164 Å². The van der Waals surface area contributed by atoms with Crippen molar-refractivity contribution in [3.8, 4) is 0 Å². The first-order valence-corrected chi connectivity index (χ1v) is 39.9. The lowest BCUT2D eigenvalue weighted by Gasteiger charge is -2.05. The molecule has 0 unspecified atom stereocenters. The number of nitrogens with two attached hydrogens (primary N) is 6. The van der Waals surface area contributed by atoms with Crippen molar-refractivity contribution in [1.82, 2.24) is 19.9 Å². The van der Waals surface area contributed by atoms with Crippen molar-refractivity contribution < 1.29 is 4.79 Å². The van der Waals surface area contributed by atoms with E-state index in [4.69, 9.17) is 56.0 Å². The van der Waals surface area contributed by atoms with Gasteiger partial charge in [0, 0.05) is 144 Å². The number of amidine groups is 2. The molecule has 544 valence electrons. The Balaban J connectivity index is 0.000000161. The van der Waals surface area contributed by atoms with Gasteiger partial charge >= 0.3 is 0 Å². The van der Waals surface area contributed by atoms with Gasteiger partial charge in [0.05, 0.1) is 22.7 Å². The van der Waals surface area contributed by atoms with Gasteiger partial charge in [0.25, 0.3) is 0 Å². The predicted molar refractivity (Wildman–Crippen MR) is 464 cm³/mol. The van der Waals surface area contributed by atoms with Crippen LogP contribution in [0.4, 0.5) is 68.8 Å². The van der Waals surface area contributed by atoms with Crippen LogP contribution in [0.15, 0.2) is 253 Å². The molecule has 8 aromatic carbocycles. The van der Waals surface area contributed by atoms with Gasteiger partial charge in [-0.15, -0.1) is 20.5 Å². The van der Waals surface area contributed by atoms with Crippen LogP contribution >= 0.6 is 112 Å². The summed E-state index contributed by atoms with van der Waals surface area (Å²) < 4.78 is 3.73. The lowest BCUT2D eigenvalue weighted by molar-refractivity contribution is -0.109. The zero-order valence-electron chi connectivity index (χ0n) is 57.5. The standard InChI is InChI=1S/C21H20BrN5OS.C19H18BrN5S.2C16H13BrN6.2C2H4S/c1-13(28)29-10-2-3-19(23)14-5-8-17(9-6-14)26-27-20-18-11-16(22)7-4-15(18)12-25-21(20)24;20-14-6-3-13-11-23-19(22)18(16(13)10-14)25-24-15-7-4-12(5-8-15)17(21)2-1-9-26;2*17-11-4-1-10-8-21-16(20)14(13(10)7-11)23-22-12-5-2-9(3-6-12)15(18)19;2*1-2-3-1/h4-9,11-12,23H,2-3,10H2,1H3,(H2,24,25);3-8,10-11,21,26H,1-2,9H2,(H2,22,23);2*1-8H,(H3,18,19)(H2,20,21);2*1-2H2. The van der Waals surface area contributed by atoms with Gasteiger partial charge in [0.1, 0.15) is 34.4 Å². The van der Waals surface area contributed by atoms with Crippen LogP contribution in [0.1, 0.15) is 54.9 Å². The number of aromatic nitrogens is 4. The fraction of sp³-hybridized carbons (Fsp3) is 0.145. The highest BCUT2D eigenvalue weighted by molar-refractivity contribution is 9.11. The fourth-order valence-electron chi connectivity index (χ4n) is 9.47. The van der Waals surface area contributed by atoms with Crippen LogP contribution in [0, 0.1) is 21.6 Å². The molecular formula is C76H72Br4N22OS4. The molecule has 2 aliphatic rings. The molecule has 2 saturated heterocycles. The highest BCUT2D eigenvalue weighted by Gasteiger charge is 2.13. The molecule has 0 amide bonds. The van der Waals surface area contributed by atoms with Crippen molar-refractivity contribution in [3.05, 3.63) is 235 Å². The summed E-state index contributed by atoms with van der Waals surface area (Å²) in [6, 6.07) is 51.9. The molecule has 0 aliphatic carbocycles. The molecule has 23 nitrogen and oxygen atoms in total. The van der Waals surface area contributed by atoms with E-state index >= 15 is 0 Å². The zero-order chi connectivity index (χ0) is 76.4. The van der Waals surface area contributed by atoms with Crippen LogP contribution in [0.25, 0.3) is 43.1 Å². The lowest BCUT2D eigenvalue weighted by atomic mass is 10.1. The molecule has 0 atom stereocenters. The van der Waals surface area contributed by atoms with Crippen LogP contribution in [0.3, 0.4) is 0 Å². The van der Waals surface area contributed by atoms with Crippen molar-refractivity contribution in [3.63, 3.8) is 0 Å². The molecule has 0 spiro atoms. The van der Waals surface area contributed by atoms with E-state index in [-0.39, 0.29) is 16.8 Å². The second-order valence-electron chi connectivity index (χ2n) is 23.2. The number of hydrogen-bond acceptors (Lipinski definition) is 25. The lowest BCUT2D eigenvalue weighted by Crippen LogP contribution is -2.10. The fourth-order valence-corrected chi connectivity index (χ4v) is 11.7. The molecule has 107 heavy (non-hydrogen) atoms. The van der Waals surface area contributed by atoms with Crippen molar-refractivity contribution in [2.24, 2.45) is 52.4 Å². The Kier molecular flexibility index (Phi) is 31.0. The van der Waals surface area contributed by atoms with E-state index in [1.165, 1.54) is 34.8 Å². The highest BCUT2D eigenvalue weighted by Crippen LogP contribution is 2.38. The molecule has 0 radical (unpaired) electrons. The number of rotatable bonds is 19. The number of thiol groups is 1. The number of halogens is 4. The molecule has 2 aliphatic heterocycles. The molecule has 4 aromatic heterocycles. The first-order chi connectivity index (χ1) is 51.6. The van der Waals surface area contributed by atoms with Crippen molar-refractivity contribution in [2.75, 3.05) is 57.5 Å². The van der Waals surface area contributed by atoms with Gasteiger partial charge in [-0.25, -0.2) is 19.9 Å². The largest absolute Gasteiger partial charge is 0.384 e. The minimum absolute atomic E-state index is 0.0147. The summed E-state index contributed by atoms with van der Waals surface area (Å²) in [5.41, 5.74) is 43.7. The van der Waals surface area contributed by atoms with Gasteiger partial charge in [-0.3, -0.25) is 15.6 Å². The summed E-state index contributed by atoms with van der Waals surface area (Å²) in [4.78, 5) is 27.6. The minimum Gasteiger partial charge on any atom is -0.384 e. The number of pyridine rings is 4. The summed E-state index contributed by atoms with van der Waals surface area (Å²) in [6.07, 6.45) is 9.90. The minimum atomic E-state index is 0.0147. The summed E-state index contributed by atoms with van der Waals surface area (Å²) in [6.45, 7) is 1.56. The molecule has 14 rings (SSSR count). The molecule has 6 heterocycles. The van der Waals surface area contributed by atoms with Crippen LogP contribution in [0.2, 0.25) is 0 Å². The average molecular weight is 1760 g/mol. The Morgan fingerprint density at radius 1 is 0.411 bits per heavy atom. The third-order valence-corrected chi connectivity index (χ3v) is 19.1. The summed E-state index contributed by atoms with van der Waals surface area (Å²) in [5, 5.41) is 72.5. The second kappa shape index (κ2) is 40.8. The van der Waals surface area contributed by atoms with E-state index in [1.807, 2.05) is 145 Å². The summed E-state index contributed by atoms with van der Waals surface area (Å²) in [7, 11) is 0. The quantitative estimate of drug-likeness (QED) is 0.00895. The summed E-state index contributed by atoms with van der Waals surface area (Å²) >= 11 is 23.3. The number of carbonyl (C=O) groups excluding carboxylic acids is 1. The Labute approximate surface area is 669 Å². The molecule has 0 saturated carbocycles. The number of benzene rings is 8. The number of thioether (sulfide) groups is 3. The number of nitrogen functional groups attached to an aromatic ring is 6. The van der Waals surface area contributed by atoms with Crippen molar-refractivity contribution >= 4 is 252 Å². The van der Waals surface area contributed by atoms with E-state index in [0.717, 1.165) is 103 Å². The molecule has 16 N–H and O–H groups in total. The Bertz CT molecular complexity index is 5120. The maximum atomic E-state index is 10.9. The number of anilines is 4. The third kappa shape index (κ3) is 25.5. The van der Waals surface area contributed by atoms with Gasteiger partial charge in [-0.2, -0.15) is 56.6 Å². The van der Waals surface area contributed by atoms with Crippen LogP contribution < -0.4 is 34.4 Å². The van der Waals surface area contributed by atoms with Crippen LogP contribution in [0.5, 0.6) is 0 Å². The first-order valence-electron chi connectivity index (χ1n) is 32.8. The topological polar surface area (TPSA) is 419 Å². The molecule has 2 fully saturated rings.